The largest absolute Gasteiger partial charge is 0.497 e. The molecule has 0 bridgehead atoms. The number of nitrogens with zero attached hydrogens (tertiary/aromatic N) is 1. The van der Waals surface area contributed by atoms with Gasteiger partial charge in [-0.15, -0.1) is 0 Å². The molecule has 2 rings (SSSR count). The van der Waals surface area contributed by atoms with Crippen molar-refractivity contribution < 1.29 is 14.3 Å². The second-order valence-corrected chi connectivity index (χ2v) is 6.16. The molecule has 2 aromatic rings. The molecule has 1 heterocycles. The molecule has 22 heavy (non-hydrogen) atoms. The Morgan fingerprint density at radius 3 is 2.59 bits per heavy atom. The van der Waals surface area contributed by atoms with Gasteiger partial charge >= 0.3 is 6.09 Å². The van der Waals surface area contributed by atoms with Gasteiger partial charge in [0.25, 0.3) is 0 Å². The molecule has 0 amide bonds. The van der Waals surface area contributed by atoms with E-state index in [0.29, 0.717) is 11.3 Å². The van der Waals surface area contributed by atoms with Crippen LogP contribution in [0.25, 0.3) is 10.9 Å². The van der Waals surface area contributed by atoms with Gasteiger partial charge in [0.1, 0.15) is 11.4 Å². The summed E-state index contributed by atoms with van der Waals surface area (Å²) >= 11 is 0. The third kappa shape index (κ3) is 3.23. The Hall–Kier alpha value is -2.05. The van der Waals surface area contributed by atoms with Gasteiger partial charge in [0.05, 0.1) is 12.6 Å². The van der Waals surface area contributed by atoms with Crippen LogP contribution >= 0.6 is 0 Å². The number of aromatic nitrogens is 1. The Kier molecular flexibility index (Phi) is 4.44. The van der Waals surface area contributed by atoms with Crippen molar-refractivity contribution in [3.8, 4) is 5.75 Å². The number of benzene rings is 1. The fourth-order valence-corrected chi connectivity index (χ4v) is 2.25. The zero-order valence-electron chi connectivity index (χ0n) is 13.4. The van der Waals surface area contributed by atoms with Gasteiger partial charge in [0.2, 0.25) is 0 Å². The van der Waals surface area contributed by atoms with E-state index in [1.165, 1.54) is 4.57 Å². The van der Waals surface area contributed by atoms with Crippen molar-refractivity contribution in [3.05, 3.63) is 30.0 Å². The summed E-state index contributed by atoms with van der Waals surface area (Å²) in [5.74, 6) is 0.694. The second kappa shape index (κ2) is 5.98. The molecule has 0 saturated carbocycles. The van der Waals surface area contributed by atoms with Crippen LogP contribution in [-0.4, -0.2) is 29.9 Å². The third-order valence-corrected chi connectivity index (χ3v) is 3.29. The lowest BCUT2D eigenvalue weighted by Crippen LogP contribution is -2.27. The average Bonchev–Trinajstić information content (AvgIpc) is 2.83. The molecule has 1 unspecified atom stereocenters. The lowest BCUT2D eigenvalue weighted by Gasteiger charge is -2.19. The zero-order valence-corrected chi connectivity index (χ0v) is 13.4. The van der Waals surface area contributed by atoms with Gasteiger partial charge in [-0.2, -0.15) is 0 Å². The maximum Gasteiger partial charge on any atom is 0.419 e. The van der Waals surface area contributed by atoms with Gasteiger partial charge in [-0.25, -0.2) is 4.79 Å². The molecule has 4 N–H and O–H groups in total. The number of carbonyl (C=O) groups is 1. The normalized spacial score (nSPS) is 13.2. The van der Waals surface area contributed by atoms with Gasteiger partial charge in [0, 0.05) is 24.2 Å². The van der Waals surface area contributed by atoms with E-state index in [1.54, 1.807) is 19.4 Å². The topological polar surface area (TPSA) is 92.5 Å². The molecule has 0 aliphatic carbocycles. The van der Waals surface area contributed by atoms with E-state index in [0.717, 1.165) is 10.9 Å². The minimum Gasteiger partial charge on any atom is -0.497 e. The van der Waals surface area contributed by atoms with E-state index >= 15 is 0 Å². The molecule has 0 saturated heterocycles. The molecular weight excluding hydrogens is 282 g/mol. The Balaban J connectivity index is 2.58. The number of nitrogens with two attached hydrogens (primary N) is 2. The molecule has 0 aliphatic heterocycles. The Labute approximate surface area is 130 Å². The fraction of sp³-hybridized carbons (Fsp3) is 0.438. The number of ether oxygens (including phenoxy) is 2. The van der Waals surface area contributed by atoms with E-state index in [-0.39, 0.29) is 12.6 Å². The van der Waals surface area contributed by atoms with Crippen molar-refractivity contribution in [2.45, 2.75) is 32.4 Å². The highest BCUT2D eigenvalue weighted by Gasteiger charge is 2.22. The summed E-state index contributed by atoms with van der Waals surface area (Å²) < 4.78 is 12.1. The second-order valence-electron chi connectivity index (χ2n) is 6.16. The lowest BCUT2D eigenvalue weighted by atomic mass is 10.1. The third-order valence-electron chi connectivity index (χ3n) is 3.29. The van der Waals surface area contributed by atoms with Crippen LogP contribution in [0.5, 0.6) is 5.75 Å². The summed E-state index contributed by atoms with van der Waals surface area (Å²) in [6.45, 7) is 5.76. The van der Waals surface area contributed by atoms with Gasteiger partial charge in [-0.05, 0) is 44.5 Å². The van der Waals surface area contributed by atoms with Crippen LogP contribution in [-0.2, 0) is 4.74 Å². The summed E-state index contributed by atoms with van der Waals surface area (Å²) in [5.41, 5.74) is 12.7. The lowest BCUT2D eigenvalue weighted by molar-refractivity contribution is 0.0544. The SMILES string of the molecule is COc1ccc2c(c1)c(C(N)CN)cn2C(=O)OC(C)(C)C. The molecular formula is C16H23N3O3. The Bertz CT molecular complexity index is 686. The van der Waals surface area contributed by atoms with Gasteiger partial charge < -0.3 is 20.9 Å². The number of hydrogen-bond donors (Lipinski definition) is 2. The minimum atomic E-state index is -0.573. The van der Waals surface area contributed by atoms with E-state index in [2.05, 4.69) is 0 Å². The maximum atomic E-state index is 12.4. The minimum absolute atomic E-state index is 0.282. The number of hydrogen-bond acceptors (Lipinski definition) is 5. The van der Waals surface area contributed by atoms with E-state index in [4.69, 9.17) is 20.9 Å². The predicted octanol–water partition coefficient (Wildman–Crippen LogP) is 2.39. The Morgan fingerprint density at radius 2 is 2.05 bits per heavy atom. The van der Waals surface area contributed by atoms with Crippen LogP contribution in [0, 0.1) is 0 Å². The van der Waals surface area contributed by atoms with Crippen molar-refractivity contribution in [2.75, 3.05) is 13.7 Å². The molecule has 1 aromatic carbocycles. The number of fused-ring (bicyclic) bond motifs is 1. The maximum absolute atomic E-state index is 12.4. The molecule has 0 radical (unpaired) electrons. The van der Waals surface area contributed by atoms with Crippen molar-refractivity contribution in [2.24, 2.45) is 11.5 Å². The molecule has 0 spiro atoms. The Morgan fingerprint density at radius 1 is 1.36 bits per heavy atom. The number of rotatable bonds is 3. The summed E-state index contributed by atoms with van der Waals surface area (Å²) in [6.07, 6.45) is 1.24. The fourth-order valence-electron chi connectivity index (χ4n) is 2.25. The van der Waals surface area contributed by atoms with Crippen LogP contribution < -0.4 is 16.2 Å². The van der Waals surface area contributed by atoms with E-state index in [9.17, 15) is 4.79 Å². The molecule has 6 nitrogen and oxygen atoms in total. The first kappa shape index (κ1) is 16.3. The zero-order chi connectivity index (χ0) is 16.5. The quantitative estimate of drug-likeness (QED) is 0.908. The van der Waals surface area contributed by atoms with Crippen molar-refractivity contribution in [1.82, 2.24) is 4.57 Å². The van der Waals surface area contributed by atoms with E-state index < -0.39 is 11.7 Å². The average molecular weight is 305 g/mol. The molecule has 1 atom stereocenters. The first-order chi connectivity index (χ1) is 10.3. The monoisotopic (exact) mass is 305 g/mol. The van der Waals surface area contributed by atoms with Crippen molar-refractivity contribution >= 4 is 17.0 Å². The van der Waals surface area contributed by atoms with Crippen LogP contribution in [0.4, 0.5) is 4.79 Å². The van der Waals surface area contributed by atoms with Crippen LogP contribution in [0.2, 0.25) is 0 Å². The molecule has 120 valence electrons. The molecule has 1 aromatic heterocycles. The van der Waals surface area contributed by atoms with Crippen LogP contribution in [0.1, 0.15) is 32.4 Å². The first-order valence-electron chi connectivity index (χ1n) is 7.15. The van der Waals surface area contributed by atoms with Crippen LogP contribution in [0.15, 0.2) is 24.4 Å². The number of methoxy groups -OCH3 is 1. The predicted molar refractivity (Wildman–Crippen MR) is 86.1 cm³/mol. The standard InChI is InChI=1S/C16H23N3O3/c1-16(2,3)22-15(20)19-9-12(13(18)8-17)11-7-10(21-4)5-6-14(11)19/h5-7,9,13H,8,17-18H2,1-4H3. The highest BCUT2D eigenvalue weighted by atomic mass is 16.6. The van der Waals surface area contributed by atoms with Crippen LogP contribution in [0.3, 0.4) is 0 Å². The summed E-state index contributed by atoms with van der Waals surface area (Å²) in [4.78, 5) is 12.4. The van der Waals surface area contributed by atoms with Crippen molar-refractivity contribution in [1.29, 1.82) is 0 Å². The summed E-state index contributed by atoms with van der Waals surface area (Å²) in [5, 5.41) is 0.836. The highest BCUT2D eigenvalue weighted by Crippen LogP contribution is 2.29. The molecule has 6 heteroatoms. The highest BCUT2D eigenvalue weighted by molar-refractivity contribution is 5.93. The van der Waals surface area contributed by atoms with E-state index in [1.807, 2.05) is 32.9 Å². The summed E-state index contributed by atoms with van der Waals surface area (Å²) in [7, 11) is 1.59. The van der Waals surface area contributed by atoms with Gasteiger partial charge in [-0.3, -0.25) is 4.57 Å². The summed E-state index contributed by atoms with van der Waals surface area (Å²) in [6, 6.07) is 5.09. The van der Waals surface area contributed by atoms with Crippen molar-refractivity contribution in [3.63, 3.8) is 0 Å². The smallest absolute Gasteiger partial charge is 0.419 e. The first-order valence-corrected chi connectivity index (χ1v) is 7.15. The molecule has 0 aliphatic rings. The molecule has 0 fully saturated rings. The van der Waals surface area contributed by atoms with Gasteiger partial charge in [-0.1, -0.05) is 0 Å². The number of carbonyl (C=O) groups excluding carboxylic acids is 1. The van der Waals surface area contributed by atoms with Gasteiger partial charge in [0.15, 0.2) is 0 Å².